The second-order valence-electron chi connectivity index (χ2n) is 6.41. The quantitative estimate of drug-likeness (QED) is 0.759. The number of carbonyl (C=O) groups is 1. The Morgan fingerprint density at radius 2 is 2.24 bits per heavy atom. The van der Waals surface area contributed by atoms with Crippen LogP contribution in [0.25, 0.3) is 6.08 Å². The molecule has 0 aromatic carbocycles. The topological polar surface area (TPSA) is 62.5 Å². The summed E-state index contributed by atoms with van der Waals surface area (Å²) in [5.41, 5.74) is 0. The summed E-state index contributed by atoms with van der Waals surface area (Å²) < 4.78 is 5.71. The summed E-state index contributed by atoms with van der Waals surface area (Å²) in [5.74, 6) is 3.19. The molecule has 0 aliphatic heterocycles. The van der Waals surface area contributed by atoms with Crippen molar-refractivity contribution >= 4 is 12.0 Å². The number of hydrogen-bond donors (Lipinski definition) is 2. The lowest BCUT2D eigenvalue weighted by atomic mass is 10.0. The van der Waals surface area contributed by atoms with Gasteiger partial charge in [-0.1, -0.05) is 20.8 Å². The van der Waals surface area contributed by atoms with Gasteiger partial charge in [-0.2, -0.15) is 0 Å². The van der Waals surface area contributed by atoms with Gasteiger partial charge in [0.1, 0.15) is 11.5 Å². The van der Waals surface area contributed by atoms with Crippen molar-refractivity contribution in [3.05, 3.63) is 29.7 Å². The first-order chi connectivity index (χ1) is 9.99. The van der Waals surface area contributed by atoms with Crippen LogP contribution in [0.15, 0.2) is 22.6 Å². The van der Waals surface area contributed by atoms with Gasteiger partial charge >= 0.3 is 0 Å². The third-order valence-electron chi connectivity index (χ3n) is 3.84. The number of carbonyl (C=O) groups excluding carboxylic acids is 1. The Hall–Kier alpha value is -1.55. The van der Waals surface area contributed by atoms with Crippen LogP contribution in [0, 0.1) is 11.8 Å². The molecule has 3 atom stereocenters. The van der Waals surface area contributed by atoms with E-state index in [4.69, 9.17) is 4.42 Å². The maximum atomic E-state index is 11.8. The Kier molecular flexibility index (Phi) is 5.23. The summed E-state index contributed by atoms with van der Waals surface area (Å²) in [7, 11) is 0. The Labute approximate surface area is 126 Å². The Bertz CT molecular complexity index is 504. The molecule has 1 aromatic rings. The van der Waals surface area contributed by atoms with Crippen molar-refractivity contribution in [2.45, 2.75) is 45.6 Å². The van der Waals surface area contributed by atoms with Crippen LogP contribution in [0.1, 0.15) is 51.1 Å². The minimum atomic E-state index is -0.201. The molecule has 4 nitrogen and oxygen atoms in total. The molecule has 3 unspecified atom stereocenters. The van der Waals surface area contributed by atoms with Crippen LogP contribution in [-0.4, -0.2) is 23.7 Å². The van der Waals surface area contributed by atoms with Crippen LogP contribution in [0.5, 0.6) is 0 Å². The van der Waals surface area contributed by atoms with Gasteiger partial charge in [-0.25, -0.2) is 0 Å². The van der Waals surface area contributed by atoms with Crippen molar-refractivity contribution in [1.82, 2.24) is 5.32 Å². The SMILES string of the molecule is CC(C)CC(CO)NC(=O)/C=C/c1ccc(C2CC2C)o1. The fourth-order valence-electron chi connectivity index (χ4n) is 2.53. The lowest BCUT2D eigenvalue weighted by molar-refractivity contribution is -0.117. The van der Waals surface area contributed by atoms with E-state index in [-0.39, 0.29) is 18.6 Å². The van der Waals surface area contributed by atoms with Gasteiger partial charge in [0, 0.05) is 12.0 Å². The lowest BCUT2D eigenvalue weighted by Crippen LogP contribution is -2.37. The van der Waals surface area contributed by atoms with Crippen molar-refractivity contribution in [3.8, 4) is 0 Å². The third-order valence-corrected chi connectivity index (χ3v) is 3.84. The molecule has 1 aromatic heterocycles. The van der Waals surface area contributed by atoms with Gasteiger partial charge in [0.15, 0.2) is 0 Å². The molecule has 2 rings (SSSR count). The van der Waals surface area contributed by atoms with Crippen molar-refractivity contribution in [1.29, 1.82) is 0 Å². The molecule has 2 N–H and O–H groups in total. The van der Waals surface area contributed by atoms with E-state index >= 15 is 0 Å². The molecule has 0 radical (unpaired) electrons. The molecule has 4 heteroatoms. The van der Waals surface area contributed by atoms with E-state index in [2.05, 4.69) is 26.1 Å². The molecular weight excluding hydrogens is 266 g/mol. The zero-order valence-electron chi connectivity index (χ0n) is 13.0. The summed E-state index contributed by atoms with van der Waals surface area (Å²) in [5, 5.41) is 12.0. The van der Waals surface area contributed by atoms with Crippen molar-refractivity contribution in [3.63, 3.8) is 0 Å². The second-order valence-corrected chi connectivity index (χ2v) is 6.41. The molecule has 0 bridgehead atoms. The van der Waals surface area contributed by atoms with Gasteiger partial charge in [-0.05, 0) is 42.9 Å². The second kappa shape index (κ2) is 6.94. The number of furan rings is 1. The largest absolute Gasteiger partial charge is 0.461 e. The highest BCUT2D eigenvalue weighted by molar-refractivity contribution is 5.91. The predicted molar refractivity (Wildman–Crippen MR) is 82.7 cm³/mol. The Morgan fingerprint density at radius 3 is 2.81 bits per heavy atom. The van der Waals surface area contributed by atoms with Gasteiger partial charge in [-0.15, -0.1) is 0 Å². The summed E-state index contributed by atoms with van der Waals surface area (Å²) >= 11 is 0. The maximum absolute atomic E-state index is 11.8. The van der Waals surface area contributed by atoms with Gasteiger partial charge in [0.2, 0.25) is 5.91 Å². The zero-order chi connectivity index (χ0) is 15.4. The molecule has 21 heavy (non-hydrogen) atoms. The summed E-state index contributed by atoms with van der Waals surface area (Å²) in [4.78, 5) is 11.8. The van der Waals surface area contributed by atoms with E-state index in [9.17, 15) is 9.90 Å². The first-order valence-corrected chi connectivity index (χ1v) is 7.68. The molecule has 1 aliphatic carbocycles. The number of rotatable bonds is 7. The van der Waals surface area contributed by atoms with E-state index < -0.39 is 0 Å². The first kappa shape index (κ1) is 15.8. The average Bonchev–Trinajstić information content (AvgIpc) is 2.98. The molecule has 1 fully saturated rings. The lowest BCUT2D eigenvalue weighted by Gasteiger charge is -2.16. The molecule has 116 valence electrons. The van der Waals surface area contributed by atoms with E-state index in [1.54, 1.807) is 6.08 Å². The van der Waals surface area contributed by atoms with Gasteiger partial charge in [0.25, 0.3) is 0 Å². The van der Waals surface area contributed by atoms with E-state index in [1.807, 2.05) is 12.1 Å². The molecule has 1 saturated carbocycles. The van der Waals surface area contributed by atoms with Crippen LogP contribution in [-0.2, 0) is 4.79 Å². The third kappa shape index (κ3) is 4.74. The van der Waals surface area contributed by atoms with E-state index in [0.29, 0.717) is 23.5 Å². The molecule has 0 saturated heterocycles. The van der Waals surface area contributed by atoms with Crippen LogP contribution >= 0.6 is 0 Å². The smallest absolute Gasteiger partial charge is 0.244 e. The van der Waals surface area contributed by atoms with Crippen LogP contribution < -0.4 is 5.32 Å². The van der Waals surface area contributed by atoms with Gasteiger partial charge < -0.3 is 14.8 Å². The highest BCUT2D eigenvalue weighted by atomic mass is 16.3. The molecule has 1 heterocycles. The Morgan fingerprint density at radius 1 is 1.52 bits per heavy atom. The van der Waals surface area contributed by atoms with E-state index in [1.165, 1.54) is 12.5 Å². The summed E-state index contributed by atoms with van der Waals surface area (Å²) in [6, 6.07) is 3.68. The fourth-order valence-corrected chi connectivity index (χ4v) is 2.53. The first-order valence-electron chi connectivity index (χ1n) is 7.68. The average molecular weight is 291 g/mol. The number of aliphatic hydroxyl groups excluding tert-OH is 1. The maximum Gasteiger partial charge on any atom is 0.244 e. The highest BCUT2D eigenvalue weighted by Gasteiger charge is 2.36. The molecule has 1 amide bonds. The van der Waals surface area contributed by atoms with Crippen molar-refractivity contribution in [2.24, 2.45) is 11.8 Å². The number of amides is 1. The van der Waals surface area contributed by atoms with Crippen molar-refractivity contribution < 1.29 is 14.3 Å². The van der Waals surface area contributed by atoms with Crippen LogP contribution in [0.2, 0.25) is 0 Å². The van der Waals surface area contributed by atoms with Crippen molar-refractivity contribution in [2.75, 3.05) is 6.61 Å². The van der Waals surface area contributed by atoms with Gasteiger partial charge in [0.05, 0.1) is 12.6 Å². The minimum absolute atomic E-state index is 0.0395. The monoisotopic (exact) mass is 291 g/mol. The summed E-state index contributed by atoms with van der Waals surface area (Å²) in [6.45, 7) is 6.30. The normalized spacial score (nSPS) is 22.7. The standard InChI is InChI=1S/C17H25NO3/c1-11(2)8-13(10-19)18-17(20)7-5-14-4-6-16(21-14)15-9-12(15)3/h4-7,11-13,15,19H,8-10H2,1-3H3,(H,18,20)/b7-5+. The predicted octanol–water partition coefficient (Wildman–Crippen LogP) is 2.94. The Balaban J connectivity index is 1.85. The number of aliphatic hydroxyl groups is 1. The number of hydrogen-bond acceptors (Lipinski definition) is 3. The molecule has 1 aliphatic rings. The van der Waals surface area contributed by atoms with Crippen LogP contribution in [0.4, 0.5) is 0 Å². The molecule has 0 spiro atoms. The minimum Gasteiger partial charge on any atom is -0.461 e. The van der Waals surface area contributed by atoms with Crippen LogP contribution in [0.3, 0.4) is 0 Å². The highest BCUT2D eigenvalue weighted by Crippen LogP contribution is 2.47. The van der Waals surface area contributed by atoms with E-state index in [0.717, 1.165) is 12.2 Å². The number of nitrogens with one attached hydrogen (secondary N) is 1. The molecular formula is C17H25NO3. The van der Waals surface area contributed by atoms with Gasteiger partial charge in [-0.3, -0.25) is 4.79 Å². The summed E-state index contributed by atoms with van der Waals surface area (Å²) in [6.07, 6.45) is 5.09. The zero-order valence-corrected chi connectivity index (χ0v) is 13.0. The fraction of sp³-hybridized carbons (Fsp3) is 0.588.